The number of benzene rings is 3. The molecule has 4 rings (SSSR count). The maximum absolute atomic E-state index is 8.31. The Morgan fingerprint density at radius 2 is 1.04 bits per heavy atom. The van der Waals surface area contributed by atoms with Gasteiger partial charge in [-0.1, -0.05) is 91.5 Å². The Hall–Kier alpha value is -3.45. The van der Waals surface area contributed by atoms with E-state index in [-0.39, 0.29) is 0 Å². The molecule has 0 fully saturated rings. The Balaban J connectivity index is 1.71. The zero-order chi connectivity index (χ0) is 17.9. The molecule has 0 radical (unpaired) electrons. The Labute approximate surface area is 154 Å². The lowest BCUT2D eigenvalue weighted by atomic mass is 9.86. The minimum atomic E-state index is 0.466. The highest BCUT2D eigenvalue weighted by Crippen LogP contribution is 2.33. The van der Waals surface area contributed by atoms with Gasteiger partial charge < -0.3 is 5.41 Å². The molecule has 0 aliphatic heterocycles. The molecule has 1 heteroatoms. The minimum absolute atomic E-state index is 0.466. The molecule has 3 aromatic carbocycles. The average molecular weight is 333 g/mol. The second-order valence-electron chi connectivity index (χ2n) is 6.36. The molecule has 0 saturated heterocycles. The predicted octanol–water partition coefficient (Wildman–Crippen LogP) is 6.41. The maximum atomic E-state index is 8.31. The van der Waals surface area contributed by atoms with E-state index in [1.807, 2.05) is 30.3 Å². The average Bonchev–Trinajstić information content (AvgIpc) is 2.71. The van der Waals surface area contributed by atoms with Crippen LogP contribution in [0.2, 0.25) is 0 Å². The third-order valence-corrected chi connectivity index (χ3v) is 4.66. The fourth-order valence-corrected chi connectivity index (χ4v) is 3.20. The van der Waals surface area contributed by atoms with Gasteiger partial charge in [0.2, 0.25) is 0 Å². The van der Waals surface area contributed by atoms with Crippen LogP contribution in [0.15, 0.2) is 109 Å². The molecule has 124 valence electrons. The first-order valence-corrected chi connectivity index (χ1v) is 8.65. The van der Waals surface area contributed by atoms with Gasteiger partial charge in [-0.3, -0.25) is 0 Å². The van der Waals surface area contributed by atoms with Crippen molar-refractivity contribution in [3.8, 4) is 11.1 Å². The first-order valence-electron chi connectivity index (χ1n) is 8.65. The van der Waals surface area contributed by atoms with E-state index in [1.165, 1.54) is 11.1 Å². The van der Waals surface area contributed by atoms with Crippen molar-refractivity contribution in [2.75, 3.05) is 0 Å². The van der Waals surface area contributed by atoms with Crippen molar-refractivity contribution in [2.24, 2.45) is 0 Å². The van der Waals surface area contributed by atoms with Crippen LogP contribution in [0.4, 0.5) is 0 Å². The monoisotopic (exact) mass is 333 g/mol. The van der Waals surface area contributed by atoms with Gasteiger partial charge >= 0.3 is 0 Å². The van der Waals surface area contributed by atoms with E-state index in [4.69, 9.17) is 5.41 Å². The van der Waals surface area contributed by atoms with Gasteiger partial charge in [0, 0.05) is 5.57 Å². The quantitative estimate of drug-likeness (QED) is 0.572. The highest BCUT2D eigenvalue weighted by molar-refractivity contribution is 6.23. The number of rotatable bonds is 3. The third kappa shape index (κ3) is 3.07. The van der Waals surface area contributed by atoms with Crippen LogP contribution in [-0.2, 0) is 0 Å². The Kier molecular flexibility index (Phi) is 4.20. The molecule has 0 bridgehead atoms. The third-order valence-electron chi connectivity index (χ3n) is 4.66. The molecule has 1 aliphatic carbocycles. The number of allylic oxidation sites excluding steroid dienone is 5. The molecule has 0 heterocycles. The molecular formula is C25H19N. The minimum Gasteiger partial charge on any atom is -0.300 e. The van der Waals surface area contributed by atoms with E-state index in [0.717, 1.165) is 27.8 Å². The zero-order valence-corrected chi connectivity index (χ0v) is 14.4. The maximum Gasteiger partial charge on any atom is 0.0618 e. The van der Waals surface area contributed by atoms with Crippen LogP contribution in [0.5, 0.6) is 0 Å². The first kappa shape index (κ1) is 16.0. The van der Waals surface area contributed by atoms with Crippen LogP contribution in [0.1, 0.15) is 11.1 Å². The second kappa shape index (κ2) is 6.81. The normalized spacial score (nSPS) is 14.0. The van der Waals surface area contributed by atoms with E-state index >= 15 is 0 Å². The summed E-state index contributed by atoms with van der Waals surface area (Å²) in [6.07, 6.45) is 4.03. The molecule has 0 spiro atoms. The van der Waals surface area contributed by atoms with Gasteiger partial charge in [-0.25, -0.2) is 0 Å². The van der Waals surface area contributed by atoms with E-state index in [1.54, 1.807) is 0 Å². The summed E-state index contributed by atoms with van der Waals surface area (Å²) in [6, 6.07) is 29.0. The Morgan fingerprint density at radius 1 is 0.538 bits per heavy atom. The topological polar surface area (TPSA) is 23.9 Å². The summed E-state index contributed by atoms with van der Waals surface area (Å²) in [6.45, 7) is 4.10. The van der Waals surface area contributed by atoms with Gasteiger partial charge in [-0.2, -0.15) is 0 Å². The summed E-state index contributed by atoms with van der Waals surface area (Å²) < 4.78 is 0. The van der Waals surface area contributed by atoms with Crippen molar-refractivity contribution in [2.45, 2.75) is 0 Å². The summed E-state index contributed by atoms with van der Waals surface area (Å²) in [5.41, 5.74) is 7.88. The SMILES string of the molecule is C=C1C(=N)C=C(c2ccc(-c3ccccc3)cc2)C=C1c1ccccc1. The standard InChI is InChI=1S/C25H19N/c1-18-24(22-10-6-3-7-11-22)16-23(17-25(18)26)21-14-12-20(13-15-21)19-8-4-2-5-9-19/h2-17,26H,1H2. The lowest BCUT2D eigenvalue weighted by molar-refractivity contribution is 1.49. The molecule has 1 N–H and O–H groups in total. The van der Waals surface area contributed by atoms with Gasteiger partial charge in [0.1, 0.15) is 0 Å². The van der Waals surface area contributed by atoms with Crippen LogP contribution in [-0.4, -0.2) is 5.71 Å². The first-order chi connectivity index (χ1) is 12.7. The molecule has 0 amide bonds. The molecule has 3 aromatic rings. The lowest BCUT2D eigenvalue weighted by Gasteiger charge is -2.18. The molecule has 0 saturated carbocycles. The van der Waals surface area contributed by atoms with Crippen molar-refractivity contribution in [1.82, 2.24) is 0 Å². The smallest absolute Gasteiger partial charge is 0.0618 e. The van der Waals surface area contributed by atoms with E-state index < -0.39 is 0 Å². The number of hydrogen-bond acceptors (Lipinski definition) is 1. The van der Waals surface area contributed by atoms with Gasteiger partial charge in [0.25, 0.3) is 0 Å². The van der Waals surface area contributed by atoms with Crippen LogP contribution in [0.3, 0.4) is 0 Å². The molecule has 0 aromatic heterocycles. The molecule has 0 unspecified atom stereocenters. The summed E-state index contributed by atoms with van der Waals surface area (Å²) in [7, 11) is 0. The van der Waals surface area contributed by atoms with E-state index in [2.05, 4.69) is 73.3 Å². The van der Waals surface area contributed by atoms with Crippen LogP contribution < -0.4 is 0 Å². The van der Waals surface area contributed by atoms with Crippen molar-refractivity contribution < 1.29 is 0 Å². The lowest BCUT2D eigenvalue weighted by Crippen LogP contribution is -2.05. The summed E-state index contributed by atoms with van der Waals surface area (Å²) >= 11 is 0. The molecule has 1 aliphatic rings. The van der Waals surface area contributed by atoms with Crippen molar-refractivity contribution in [3.05, 3.63) is 120 Å². The molecular weight excluding hydrogens is 314 g/mol. The second-order valence-corrected chi connectivity index (χ2v) is 6.36. The fourth-order valence-electron chi connectivity index (χ4n) is 3.20. The summed E-state index contributed by atoms with van der Waals surface area (Å²) in [5.74, 6) is 0. The molecule has 1 nitrogen and oxygen atoms in total. The van der Waals surface area contributed by atoms with Crippen molar-refractivity contribution in [1.29, 1.82) is 5.41 Å². The van der Waals surface area contributed by atoms with Crippen molar-refractivity contribution >= 4 is 16.9 Å². The van der Waals surface area contributed by atoms with Gasteiger partial charge in [0.05, 0.1) is 5.71 Å². The van der Waals surface area contributed by atoms with Crippen LogP contribution in [0.25, 0.3) is 22.3 Å². The van der Waals surface area contributed by atoms with Gasteiger partial charge in [-0.05, 0) is 45.6 Å². The number of nitrogens with one attached hydrogen (secondary N) is 1. The zero-order valence-electron chi connectivity index (χ0n) is 14.4. The van der Waals surface area contributed by atoms with Crippen LogP contribution in [0, 0.1) is 5.41 Å². The largest absolute Gasteiger partial charge is 0.300 e. The van der Waals surface area contributed by atoms with Crippen LogP contribution >= 0.6 is 0 Å². The van der Waals surface area contributed by atoms with E-state index in [0.29, 0.717) is 5.71 Å². The predicted molar refractivity (Wildman–Crippen MR) is 111 cm³/mol. The molecule has 26 heavy (non-hydrogen) atoms. The van der Waals surface area contributed by atoms with Gasteiger partial charge in [0.15, 0.2) is 0 Å². The number of hydrogen-bond donors (Lipinski definition) is 1. The van der Waals surface area contributed by atoms with Gasteiger partial charge in [-0.15, -0.1) is 0 Å². The Bertz CT molecular complexity index is 1020. The van der Waals surface area contributed by atoms with Crippen molar-refractivity contribution in [3.63, 3.8) is 0 Å². The molecule has 0 atom stereocenters. The summed E-state index contributed by atoms with van der Waals surface area (Å²) in [4.78, 5) is 0. The summed E-state index contributed by atoms with van der Waals surface area (Å²) in [5, 5.41) is 8.31. The van der Waals surface area contributed by atoms with E-state index in [9.17, 15) is 0 Å². The Morgan fingerprint density at radius 3 is 1.65 bits per heavy atom. The highest BCUT2D eigenvalue weighted by atomic mass is 14.4. The highest BCUT2D eigenvalue weighted by Gasteiger charge is 2.16. The fraction of sp³-hybridized carbons (Fsp3) is 0.